The molecule has 3 heterocycles. The van der Waals surface area contributed by atoms with Gasteiger partial charge in [0.25, 0.3) is 0 Å². The number of aromatic nitrogens is 1. The van der Waals surface area contributed by atoms with Crippen molar-refractivity contribution in [2.45, 2.75) is 57.7 Å². The van der Waals surface area contributed by atoms with E-state index in [9.17, 15) is 19.2 Å². The van der Waals surface area contributed by atoms with Crippen molar-refractivity contribution in [3.05, 3.63) is 64.1 Å². The minimum absolute atomic E-state index is 0.182. The Kier molecular flexibility index (Phi) is 8.77. The minimum Gasteiger partial charge on any atom is -0.438 e. The summed E-state index contributed by atoms with van der Waals surface area (Å²) in [4.78, 5) is 59.7. The number of likely N-dealkylation sites (N-methyl/N-ethyl adjacent to an activating group) is 2. The molecule has 1 spiro atoms. The molecule has 1 fully saturated rings. The van der Waals surface area contributed by atoms with Crippen LogP contribution in [0.1, 0.15) is 44.7 Å². The fourth-order valence-electron chi connectivity index (χ4n) is 5.77. The number of nitrogens with one attached hydrogen (secondary N) is 3. The molecule has 1 atom stereocenters. The van der Waals surface area contributed by atoms with E-state index in [2.05, 4.69) is 34.4 Å². The lowest BCUT2D eigenvalue weighted by Crippen LogP contribution is -2.56. The van der Waals surface area contributed by atoms with Crippen molar-refractivity contribution in [1.29, 1.82) is 0 Å². The van der Waals surface area contributed by atoms with Crippen LogP contribution in [0.25, 0.3) is 11.1 Å². The number of oxazole rings is 1. The largest absolute Gasteiger partial charge is 0.438 e. The Hall–Kier alpha value is -4.32. The summed E-state index contributed by atoms with van der Waals surface area (Å²) in [5.74, 6) is -0.734. The monoisotopic (exact) mass is 592 g/mol. The summed E-state index contributed by atoms with van der Waals surface area (Å²) in [5.41, 5.74) is 2.53. The Morgan fingerprint density at radius 2 is 1.84 bits per heavy atom. The van der Waals surface area contributed by atoms with E-state index in [0.717, 1.165) is 16.8 Å². The van der Waals surface area contributed by atoms with E-state index in [1.165, 1.54) is 0 Å². The number of carbonyl (C=O) groups excluding carboxylic acids is 3. The summed E-state index contributed by atoms with van der Waals surface area (Å²) < 4.78 is 11.0. The van der Waals surface area contributed by atoms with Gasteiger partial charge in [0, 0.05) is 63.6 Å². The van der Waals surface area contributed by atoms with Crippen LogP contribution >= 0.6 is 0 Å². The number of fused-ring (bicyclic) bond motifs is 3. The van der Waals surface area contributed by atoms with Crippen LogP contribution in [-0.2, 0) is 21.6 Å². The van der Waals surface area contributed by atoms with Gasteiger partial charge in [-0.15, -0.1) is 0 Å². The Morgan fingerprint density at radius 1 is 1.09 bits per heavy atom. The molecule has 0 saturated carbocycles. The van der Waals surface area contributed by atoms with Gasteiger partial charge >= 0.3 is 17.9 Å². The highest BCUT2D eigenvalue weighted by Gasteiger charge is 2.45. The van der Waals surface area contributed by atoms with Crippen molar-refractivity contribution in [3.63, 3.8) is 0 Å². The van der Waals surface area contributed by atoms with Crippen LogP contribution in [0.3, 0.4) is 0 Å². The van der Waals surface area contributed by atoms with Gasteiger partial charge in [-0.1, -0.05) is 24.3 Å². The molecule has 2 aliphatic heterocycles. The number of benzene rings is 2. The zero-order valence-corrected chi connectivity index (χ0v) is 25.1. The molecule has 230 valence electrons. The number of anilines is 1. The second kappa shape index (κ2) is 12.5. The molecule has 43 heavy (non-hydrogen) atoms. The molecule has 4 amide bonds. The van der Waals surface area contributed by atoms with Crippen LogP contribution in [0.15, 0.2) is 51.7 Å². The van der Waals surface area contributed by atoms with Gasteiger partial charge in [0.2, 0.25) is 5.91 Å². The lowest BCUT2D eigenvalue weighted by atomic mass is 9.82. The molecule has 0 bridgehead atoms. The van der Waals surface area contributed by atoms with Crippen molar-refractivity contribution in [2.24, 2.45) is 0 Å². The third kappa shape index (κ3) is 6.53. The number of para-hydroxylation sites is 1. The van der Waals surface area contributed by atoms with Gasteiger partial charge in [-0.2, -0.15) is 0 Å². The highest BCUT2D eigenvalue weighted by Crippen LogP contribution is 2.43. The number of aromatic amines is 1. The highest BCUT2D eigenvalue weighted by molar-refractivity contribution is 5.89. The van der Waals surface area contributed by atoms with E-state index in [1.54, 1.807) is 21.9 Å². The number of amides is 4. The molecule has 12 heteroatoms. The Labute approximate surface area is 250 Å². The molecule has 0 radical (unpaired) electrons. The lowest BCUT2D eigenvalue weighted by Gasteiger charge is -2.44. The summed E-state index contributed by atoms with van der Waals surface area (Å²) in [6, 6.07) is 12.0. The van der Waals surface area contributed by atoms with Crippen LogP contribution in [0.5, 0.6) is 0 Å². The molecule has 3 N–H and O–H groups in total. The quantitative estimate of drug-likeness (QED) is 0.346. The number of hydrogen-bond acceptors (Lipinski definition) is 7. The highest BCUT2D eigenvalue weighted by atomic mass is 16.6. The molecule has 2 aliphatic rings. The number of hydrogen-bond donors (Lipinski definition) is 3. The van der Waals surface area contributed by atoms with E-state index in [0.29, 0.717) is 62.7 Å². The summed E-state index contributed by atoms with van der Waals surface area (Å²) in [6.07, 6.45) is 0.602. The van der Waals surface area contributed by atoms with Gasteiger partial charge in [-0.05, 0) is 51.6 Å². The maximum atomic E-state index is 13.9. The van der Waals surface area contributed by atoms with Gasteiger partial charge < -0.3 is 29.2 Å². The first kappa shape index (κ1) is 30.1. The smallest absolute Gasteiger partial charge is 0.417 e. The summed E-state index contributed by atoms with van der Waals surface area (Å²) in [6.45, 7) is 8.54. The third-order valence-corrected chi connectivity index (χ3v) is 8.62. The predicted octanol–water partition coefficient (Wildman–Crippen LogP) is 3.48. The first-order valence-electron chi connectivity index (χ1n) is 14.8. The summed E-state index contributed by atoms with van der Waals surface area (Å²) in [5, 5.41) is 5.75. The fraction of sp³-hybridized carbons (Fsp3) is 0.484. The van der Waals surface area contributed by atoms with E-state index in [1.807, 2.05) is 44.3 Å². The van der Waals surface area contributed by atoms with E-state index in [4.69, 9.17) is 9.15 Å². The van der Waals surface area contributed by atoms with Crippen molar-refractivity contribution in [2.75, 3.05) is 45.1 Å². The zero-order valence-electron chi connectivity index (χ0n) is 25.1. The molecule has 5 rings (SSSR count). The van der Waals surface area contributed by atoms with Crippen molar-refractivity contribution in [3.8, 4) is 0 Å². The van der Waals surface area contributed by atoms with E-state index in [-0.39, 0.29) is 18.4 Å². The number of carbonyl (C=O) groups is 3. The number of piperidine rings is 1. The molecule has 1 saturated heterocycles. The summed E-state index contributed by atoms with van der Waals surface area (Å²) >= 11 is 0. The molecular weight excluding hydrogens is 552 g/mol. The van der Waals surface area contributed by atoms with Crippen molar-refractivity contribution in [1.82, 2.24) is 25.0 Å². The SMILES string of the molecule is CCN(CCN(C)C(C)C)C(=O)[C@@H](Cc1ccc2[nH]c(=O)oc2c1)NC(=O)N1CCC2(CC1)OC(=O)Nc1ccccc12. The Balaban J connectivity index is 1.32. The maximum Gasteiger partial charge on any atom is 0.417 e. The number of rotatable bonds is 9. The van der Waals surface area contributed by atoms with Crippen molar-refractivity contribution >= 4 is 34.8 Å². The number of ether oxygens (including phenoxy) is 1. The van der Waals surface area contributed by atoms with Gasteiger partial charge in [-0.3, -0.25) is 15.1 Å². The molecule has 1 aromatic heterocycles. The third-order valence-electron chi connectivity index (χ3n) is 8.62. The molecule has 2 aromatic carbocycles. The Morgan fingerprint density at radius 3 is 2.56 bits per heavy atom. The maximum absolute atomic E-state index is 13.9. The van der Waals surface area contributed by atoms with E-state index >= 15 is 0 Å². The Bertz CT molecular complexity index is 1540. The fourth-order valence-corrected chi connectivity index (χ4v) is 5.77. The minimum atomic E-state index is -0.840. The van der Waals surface area contributed by atoms with Crippen LogP contribution in [0, 0.1) is 0 Å². The summed E-state index contributed by atoms with van der Waals surface area (Å²) in [7, 11) is 2.02. The molecule has 0 unspecified atom stereocenters. The average molecular weight is 593 g/mol. The standard InChI is InChI=1S/C31H40N6O6/c1-5-36(17-16-35(4)20(2)3)27(38)25(18-21-10-11-24-26(19-21)42-29(40)34-24)32-28(39)37-14-12-31(13-15-37)22-8-6-7-9-23(22)33-30(41)43-31/h6-11,19-20,25H,5,12-18H2,1-4H3,(H,32,39)(H,33,41)(H,34,40)/t25-/m1/s1. The molecule has 0 aliphatic carbocycles. The van der Waals surface area contributed by atoms with Gasteiger partial charge in [0.05, 0.1) is 11.2 Å². The second-order valence-electron chi connectivity index (χ2n) is 11.6. The first-order valence-corrected chi connectivity index (χ1v) is 14.8. The molecule has 3 aromatic rings. The van der Waals surface area contributed by atoms with Crippen LogP contribution in [0.2, 0.25) is 0 Å². The number of likely N-dealkylation sites (tertiary alicyclic amines) is 1. The van der Waals surface area contributed by atoms with Gasteiger partial charge in [0.1, 0.15) is 11.6 Å². The number of H-pyrrole nitrogens is 1. The molecule has 12 nitrogen and oxygen atoms in total. The topological polar surface area (TPSA) is 140 Å². The van der Waals surface area contributed by atoms with Crippen LogP contribution in [0.4, 0.5) is 15.3 Å². The number of urea groups is 1. The second-order valence-corrected chi connectivity index (χ2v) is 11.6. The predicted molar refractivity (Wildman–Crippen MR) is 162 cm³/mol. The van der Waals surface area contributed by atoms with Crippen LogP contribution in [-0.4, -0.2) is 89.6 Å². The van der Waals surface area contributed by atoms with Crippen LogP contribution < -0.4 is 16.4 Å². The van der Waals surface area contributed by atoms with Crippen molar-refractivity contribution < 1.29 is 23.5 Å². The first-order chi connectivity index (χ1) is 20.6. The van der Waals surface area contributed by atoms with E-state index < -0.39 is 23.5 Å². The number of nitrogens with zero attached hydrogens (tertiary/aromatic N) is 3. The average Bonchev–Trinajstić information content (AvgIpc) is 3.36. The normalized spacial score (nSPS) is 16.6. The zero-order chi connectivity index (χ0) is 30.7. The lowest BCUT2D eigenvalue weighted by molar-refractivity contribution is -0.133. The van der Waals surface area contributed by atoms with Gasteiger partial charge in [-0.25, -0.2) is 14.4 Å². The molecular formula is C31H40N6O6. The van der Waals surface area contributed by atoms with Gasteiger partial charge in [0.15, 0.2) is 5.58 Å².